The Labute approximate surface area is 81.4 Å². The van der Waals surface area contributed by atoms with Gasteiger partial charge in [0.2, 0.25) is 0 Å². The number of ether oxygens (including phenoxy) is 1. The van der Waals surface area contributed by atoms with Crippen molar-refractivity contribution in [1.82, 2.24) is 0 Å². The van der Waals surface area contributed by atoms with Gasteiger partial charge in [0.1, 0.15) is 5.75 Å². The molecule has 0 aromatic heterocycles. The molecule has 0 aliphatic carbocycles. The molecule has 2 nitrogen and oxygen atoms in total. The Morgan fingerprint density at radius 3 is 2.31 bits per heavy atom. The summed E-state index contributed by atoms with van der Waals surface area (Å²) in [6.07, 6.45) is 1.69. The quantitative estimate of drug-likeness (QED) is 0.727. The van der Waals surface area contributed by atoms with Crippen LogP contribution in [0.4, 0.5) is 0 Å². The van der Waals surface area contributed by atoms with Crippen molar-refractivity contribution in [2.45, 2.75) is 18.7 Å². The van der Waals surface area contributed by atoms with E-state index in [1.807, 2.05) is 26.0 Å². The lowest BCUT2D eigenvalue weighted by molar-refractivity contribution is 0.411. The molecule has 0 aliphatic rings. The molecule has 0 saturated carbocycles. The molecule has 1 atom stereocenters. The molecule has 1 unspecified atom stereocenters. The third-order valence-electron chi connectivity index (χ3n) is 2.00. The monoisotopic (exact) mass is 198 g/mol. The van der Waals surface area contributed by atoms with Crippen molar-refractivity contribution in [2.24, 2.45) is 0 Å². The third-order valence-corrected chi connectivity index (χ3v) is 3.06. The lowest BCUT2D eigenvalue weighted by Gasteiger charge is -2.08. The minimum absolute atomic E-state index is 0.853. The second-order valence-electron chi connectivity index (χ2n) is 3.04. The van der Waals surface area contributed by atoms with Gasteiger partial charge in [0.15, 0.2) is 0 Å². The van der Waals surface area contributed by atoms with E-state index in [4.69, 9.17) is 4.74 Å². The van der Waals surface area contributed by atoms with Crippen LogP contribution in [0.15, 0.2) is 17.0 Å². The fourth-order valence-electron chi connectivity index (χ4n) is 1.29. The zero-order valence-electron chi connectivity index (χ0n) is 8.38. The first-order valence-electron chi connectivity index (χ1n) is 4.05. The Morgan fingerprint density at radius 2 is 1.85 bits per heavy atom. The van der Waals surface area contributed by atoms with E-state index in [9.17, 15) is 4.21 Å². The molecule has 3 heteroatoms. The van der Waals surface area contributed by atoms with E-state index < -0.39 is 10.8 Å². The molecule has 0 radical (unpaired) electrons. The van der Waals surface area contributed by atoms with Gasteiger partial charge in [-0.05, 0) is 37.1 Å². The van der Waals surface area contributed by atoms with Gasteiger partial charge in [0.05, 0.1) is 17.9 Å². The van der Waals surface area contributed by atoms with Crippen molar-refractivity contribution in [2.75, 3.05) is 13.4 Å². The van der Waals surface area contributed by atoms with Crippen LogP contribution in [-0.2, 0) is 10.8 Å². The highest BCUT2D eigenvalue weighted by atomic mass is 32.2. The predicted octanol–water partition coefficient (Wildman–Crippen LogP) is 2.05. The minimum atomic E-state index is -0.917. The summed E-state index contributed by atoms with van der Waals surface area (Å²) < 4.78 is 16.4. The van der Waals surface area contributed by atoms with Gasteiger partial charge in [-0.25, -0.2) is 0 Å². The van der Waals surface area contributed by atoms with Crippen molar-refractivity contribution >= 4 is 10.8 Å². The maximum absolute atomic E-state index is 11.3. The number of methoxy groups -OCH3 is 1. The Hall–Kier alpha value is -0.830. The lowest BCUT2D eigenvalue weighted by atomic mass is 10.1. The van der Waals surface area contributed by atoms with E-state index in [0.29, 0.717) is 0 Å². The maximum Gasteiger partial charge on any atom is 0.122 e. The number of rotatable bonds is 2. The second-order valence-corrected chi connectivity index (χ2v) is 4.39. The molecule has 0 spiro atoms. The number of benzene rings is 1. The molecule has 0 saturated heterocycles. The van der Waals surface area contributed by atoms with Crippen LogP contribution in [0.3, 0.4) is 0 Å². The molecule has 0 N–H and O–H groups in total. The zero-order chi connectivity index (χ0) is 10.0. The van der Waals surface area contributed by atoms with Crippen molar-refractivity contribution < 1.29 is 8.95 Å². The molecule has 1 aromatic rings. The van der Waals surface area contributed by atoms with Crippen LogP contribution in [0.25, 0.3) is 0 Å². The van der Waals surface area contributed by atoms with Crippen LogP contribution in [0.2, 0.25) is 0 Å². The number of aryl methyl sites for hydroxylation is 2. The van der Waals surface area contributed by atoms with E-state index in [2.05, 4.69) is 0 Å². The van der Waals surface area contributed by atoms with Crippen molar-refractivity contribution in [3.05, 3.63) is 23.3 Å². The highest BCUT2D eigenvalue weighted by Crippen LogP contribution is 2.23. The van der Waals surface area contributed by atoms with Gasteiger partial charge >= 0.3 is 0 Å². The fraction of sp³-hybridized carbons (Fsp3) is 0.400. The van der Waals surface area contributed by atoms with Gasteiger partial charge in [-0.3, -0.25) is 4.21 Å². The average Bonchev–Trinajstić information content (AvgIpc) is 2.07. The summed E-state index contributed by atoms with van der Waals surface area (Å²) in [6, 6.07) is 3.84. The first-order chi connectivity index (χ1) is 6.06. The first-order valence-corrected chi connectivity index (χ1v) is 5.60. The van der Waals surface area contributed by atoms with Crippen LogP contribution in [-0.4, -0.2) is 17.6 Å². The van der Waals surface area contributed by atoms with Crippen LogP contribution in [0, 0.1) is 13.8 Å². The summed E-state index contributed by atoms with van der Waals surface area (Å²) in [6.45, 7) is 3.90. The van der Waals surface area contributed by atoms with E-state index in [-0.39, 0.29) is 0 Å². The molecule has 1 rings (SSSR count). The van der Waals surface area contributed by atoms with Crippen LogP contribution < -0.4 is 4.74 Å². The molecular weight excluding hydrogens is 184 g/mol. The molecule has 0 bridgehead atoms. The topological polar surface area (TPSA) is 26.3 Å². The summed E-state index contributed by atoms with van der Waals surface area (Å²) in [5.41, 5.74) is 2.04. The highest BCUT2D eigenvalue weighted by molar-refractivity contribution is 7.84. The van der Waals surface area contributed by atoms with Crippen molar-refractivity contribution in [3.8, 4) is 5.75 Å². The van der Waals surface area contributed by atoms with E-state index in [1.54, 1.807) is 13.4 Å². The van der Waals surface area contributed by atoms with Crippen LogP contribution in [0.5, 0.6) is 5.75 Å². The van der Waals surface area contributed by atoms with Gasteiger partial charge in [0.25, 0.3) is 0 Å². The zero-order valence-corrected chi connectivity index (χ0v) is 9.20. The van der Waals surface area contributed by atoms with E-state index in [1.165, 1.54) is 0 Å². The number of hydrogen-bond acceptors (Lipinski definition) is 2. The molecule has 72 valence electrons. The summed E-state index contributed by atoms with van der Waals surface area (Å²) >= 11 is 0. The summed E-state index contributed by atoms with van der Waals surface area (Å²) in [7, 11) is 0.727. The number of hydrogen-bond donors (Lipinski definition) is 0. The average molecular weight is 198 g/mol. The summed E-state index contributed by atoms with van der Waals surface area (Å²) in [4.78, 5) is 0.887. The highest BCUT2D eigenvalue weighted by Gasteiger charge is 2.06. The van der Waals surface area contributed by atoms with Crippen molar-refractivity contribution in [3.63, 3.8) is 0 Å². The fourth-order valence-corrected chi connectivity index (χ4v) is 2.15. The second kappa shape index (κ2) is 3.92. The Balaban J connectivity index is 3.28. The standard InChI is InChI=1S/C10H14O2S/c1-7-6-10(13(4)11)8(2)5-9(7)12-3/h5-6H,1-4H3. The minimum Gasteiger partial charge on any atom is -0.496 e. The van der Waals surface area contributed by atoms with Gasteiger partial charge in [0, 0.05) is 11.2 Å². The van der Waals surface area contributed by atoms with Crippen molar-refractivity contribution in [1.29, 1.82) is 0 Å². The summed E-state index contributed by atoms with van der Waals surface area (Å²) in [5, 5.41) is 0. The molecule has 13 heavy (non-hydrogen) atoms. The van der Waals surface area contributed by atoms with Gasteiger partial charge in [-0.15, -0.1) is 0 Å². The third kappa shape index (κ3) is 2.10. The normalized spacial score (nSPS) is 12.6. The van der Waals surface area contributed by atoms with Gasteiger partial charge < -0.3 is 4.74 Å². The molecule has 0 aliphatic heterocycles. The molecule has 0 fully saturated rings. The SMILES string of the molecule is COc1cc(C)c(S(C)=O)cc1C. The molecule has 1 aromatic carbocycles. The van der Waals surface area contributed by atoms with Crippen LogP contribution >= 0.6 is 0 Å². The van der Waals surface area contributed by atoms with E-state index >= 15 is 0 Å². The van der Waals surface area contributed by atoms with Crippen LogP contribution in [0.1, 0.15) is 11.1 Å². The summed E-state index contributed by atoms with van der Waals surface area (Å²) in [5.74, 6) is 0.853. The maximum atomic E-state index is 11.3. The Bertz CT molecular complexity index is 345. The molecule has 0 heterocycles. The van der Waals surface area contributed by atoms with Gasteiger partial charge in [-0.2, -0.15) is 0 Å². The Morgan fingerprint density at radius 1 is 1.23 bits per heavy atom. The lowest BCUT2D eigenvalue weighted by Crippen LogP contribution is -1.95. The largest absolute Gasteiger partial charge is 0.496 e. The predicted molar refractivity (Wildman–Crippen MR) is 54.8 cm³/mol. The first kappa shape index (κ1) is 10.3. The Kier molecular flexibility index (Phi) is 3.09. The van der Waals surface area contributed by atoms with Gasteiger partial charge in [-0.1, -0.05) is 0 Å². The molecular formula is C10H14O2S. The smallest absolute Gasteiger partial charge is 0.122 e. The van der Waals surface area contributed by atoms with E-state index in [0.717, 1.165) is 21.8 Å². The molecule has 0 amide bonds.